The first-order valence-corrected chi connectivity index (χ1v) is 7.09. The summed E-state index contributed by atoms with van der Waals surface area (Å²) in [7, 11) is -2.13. The van der Waals surface area contributed by atoms with Gasteiger partial charge in [-0.2, -0.15) is 0 Å². The van der Waals surface area contributed by atoms with Crippen LogP contribution in [0.1, 0.15) is 11.1 Å². The van der Waals surface area contributed by atoms with Gasteiger partial charge < -0.3 is 9.84 Å². The minimum absolute atomic E-state index is 0.0664. The first-order chi connectivity index (χ1) is 8.36. The van der Waals surface area contributed by atoms with Crippen molar-refractivity contribution in [2.75, 3.05) is 20.3 Å². The van der Waals surface area contributed by atoms with Crippen molar-refractivity contribution in [1.82, 2.24) is 4.72 Å². The molecule has 2 N–H and O–H groups in total. The van der Waals surface area contributed by atoms with Crippen LogP contribution in [0, 0.1) is 13.8 Å². The van der Waals surface area contributed by atoms with Crippen molar-refractivity contribution in [3.05, 3.63) is 29.3 Å². The Morgan fingerprint density at radius 3 is 2.56 bits per heavy atom. The van der Waals surface area contributed by atoms with Crippen LogP contribution in [0.15, 0.2) is 23.1 Å². The summed E-state index contributed by atoms with van der Waals surface area (Å²) in [5.74, 6) is 0. The number of ether oxygens (including phenoxy) is 1. The highest BCUT2D eigenvalue weighted by Gasteiger charge is 2.16. The maximum atomic E-state index is 11.9. The van der Waals surface area contributed by atoms with Crippen molar-refractivity contribution in [2.45, 2.75) is 24.8 Å². The average molecular weight is 273 g/mol. The first-order valence-electron chi connectivity index (χ1n) is 5.60. The van der Waals surface area contributed by atoms with Crippen LogP contribution in [-0.2, 0) is 14.8 Å². The summed E-state index contributed by atoms with van der Waals surface area (Å²) in [6, 6.07) is 4.92. The van der Waals surface area contributed by atoms with E-state index in [1.54, 1.807) is 18.2 Å². The number of methoxy groups -OCH3 is 1. The van der Waals surface area contributed by atoms with Gasteiger partial charge in [-0.15, -0.1) is 0 Å². The Bertz CT molecular complexity index is 499. The maximum Gasteiger partial charge on any atom is 0.240 e. The van der Waals surface area contributed by atoms with Gasteiger partial charge in [0, 0.05) is 13.7 Å². The van der Waals surface area contributed by atoms with Crippen molar-refractivity contribution in [1.29, 1.82) is 0 Å². The molecule has 0 fully saturated rings. The van der Waals surface area contributed by atoms with Gasteiger partial charge in [0.2, 0.25) is 10.0 Å². The number of benzene rings is 1. The van der Waals surface area contributed by atoms with E-state index in [-0.39, 0.29) is 18.0 Å². The van der Waals surface area contributed by atoms with E-state index >= 15 is 0 Å². The Labute approximate surface area is 108 Å². The number of rotatable bonds is 6. The molecular formula is C12H19NO4S. The van der Waals surface area contributed by atoms with Gasteiger partial charge in [-0.25, -0.2) is 13.1 Å². The van der Waals surface area contributed by atoms with Crippen LogP contribution in [0.25, 0.3) is 0 Å². The largest absolute Gasteiger partial charge is 0.389 e. The summed E-state index contributed by atoms with van der Waals surface area (Å²) in [4.78, 5) is 0.204. The quantitative estimate of drug-likeness (QED) is 0.795. The summed E-state index contributed by atoms with van der Waals surface area (Å²) in [5.41, 5.74) is 1.95. The molecule has 1 aromatic rings. The van der Waals surface area contributed by atoms with Gasteiger partial charge >= 0.3 is 0 Å². The Hall–Kier alpha value is -0.950. The zero-order chi connectivity index (χ0) is 13.8. The fraction of sp³-hybridized carbons (Fsp3) is 0.500. The molecule has 0 bridgehead atoms. The lowest BCUT2D eigenvalue weighted by atomic mass is 10.1. The van der Waals surface area contributed by atoms with Gasteiger partial charge in [0.1, 0.15) is 0 Å². The second-order valence-electron chi connectivity index (χ2n) is 4.21. The molecule has 18 heavy (non-hydrogen) atoms. The number of nitrogens with one attached hydrogen (secondary N) is 1. The number of aliphatic hydroxyl groups is 1. The molecule has 0 saturated heterocycles. The van der Waals surface area contributed by atoms with Gasteiger partial charge in [-0.05, 0) is 37.1 Å². The summed E-state index contributed by atoms with van der Waals surface area (Å²) >= 11 is 0. The molecule has 1 atom stereocenters. The van der Waals surface area contributed by atoms with Crippen molar-refractivity contribution in [2.24, 2.45) is 0 Å². The molecule has 5 nitrogen and oxygen atoms in total. The van der Waals surface area contributed by atoms with E-state index < -0.39 is 16.1 Å². The van der Waals surface area contributed by atoms with Crippen LogP contribution in [0.4, 0.5) is 0 Å². The standard InChI is InChI=1S/C12H19NO4S/c1-9-4-5-12(6-10(9)2)18(15,16)13-7-11(14)8-17-3/h4-6,11,13-14H,7-8H2,1-3H3. The van der Waals surface area contributed by atoms with Crippen molar-refractivity contribution >= 4 is 10.0 Å². The Balaban J connectivity index is 2.77. The molecule has 0 aromatic heterocycles. The molecule has 1 unspecified atom stereocenters. The normalized spacial score (nSPS) is 13.6. The minimum Gasteiger partial charge on any atom is -0.389 e. The second kappa shape index (κ2) is 6.29. The Kier molecular flexibility index (Phi) is 5.28. The maximum absolute atomic E-state index is 11.9. The van der Waals surface area contributed by atoms with Gasteiger partial charge in [0.05, 0.1) is 17.6 Å². The average Bonchev–Trinajstić information content (AvgIpc) is 2.30. The van der Waals surface area contributed by atoms with Crippen molar-refractivity contribution < 1.29 is 18.3 Å². The number of aryl methyl sites for hydroxylation is 2. The van der Waals surface area contributed by atoms with Crippen LogP contribution in [0.5, 0.6) is 0 Å². The molecular weight excluding hydrogens is 254 g/mol. The molecule has 102 valence electrons. The molecule has 1 rings (SSSR count). The summed E-state index contributed by atoms with van der Waals surface area (Å²) in [6.07, 6.45) is -0.851. The summed E-state index contributed by atoms with van der Waals surface area (Å²) < 4.78 is 31.0. The minimum atomic E-state index is -3.58. The van der Waals surface area contributed by atoms with Gasteiger partial charge in [-0.3, -0.25) is 0 Å². The SMILES string of the molecule is COCC(O)CNS(=O)(=O)c1ccc(C)c(C)c1. The van der Waals surface area contributed by atoms with E-state index in [4.69, 9.17) is 4.74 Å². The first kappa shape index (κ1) is 15.1. The van der Waals surface area contributed by atoms with E-state index in [2.05, 4.69) is 4.72 Å². The molecule has 0 aliphatic heterocycles. The fourth-order valence-corrected chi connectivity index (χ4v) is 2.58. The topological polar surface area (TPSA) is 75.6 Å². The van der Waals surface area contributed by atoms with E-state index in [1.165, 1.54) is 7.11 Å². The van der Waals surface area contributed by atoms with Crippen LogP contribution >= 0.6 is 0 Å². The second-order valence-corrected chi connectivity index (χ2v) is 5.97. The molecule has 0 spiro atoms. The van der Waals surface area contributed by atoms with Crippen LogP contribution in [-0.4, -0.2) is 39.9 Å². The van der Waals surface area contributed by atoms with Crippen LogP contribution < -0.4 is 4.72 Å². The van der Waals surface area contributed by atoms with E-state index in [0.29, 0.717) is 0 Å². The number of hydrogen-bond acceptors (Lipinski definition) is 4. The molecule has 0 aliphatic carbocycles. The number of hydrogen-bond donors (Lipinski definition) is 2. The highest BCUT2D eigenvalue weighted by Crippen LogP contribution is 2.14. The predicted molar refractivity (Wildman–Crippen MR) is 69.0 cm³/mol. The molecule has 0 aliphatic rings. The van der Waals surface area contributed by atoms with Crippen molar-refractivity contribution in [3.63, 3.8) is 0 Å². The molecule has 0 amide bonds. The van der Waals surface area contributed by atoms with Crippen LogP contribution in [0.3, 0.4) is 0 Å². The van der Waals surface area contributed by atoms with E-state index in [1.807, 2.05) is 13.8 Å². The lowest BCUT2D eigenvalue weighted by Gasteiger charge is -2.12. The smallest absolute Gasteiger partial charge is 0.240 e. The fourth-order valence-electron chi connectivity index (χ4n) is 1.42. The summed E-state index contributed by atoms with van der Waals surface area (Å²) in [5, 5.41) is 9.41. The molecule has 0 radical (unpaired) electrons. The van der Waals surface area contributed by atoms with E-state index in [9.17, 15) is 13.5 Å². The van der Waals surface area contributed by atoms with Crippen molar-refractivity contribution in [3.8, 4) is 0 Å². The highest BCUT2D eigenvalue weighted by molar-refractivity contribution is 7.89. The third kappa shape index (κ3) is 4.06. The summed E-state index contributed by atoms with van der Waals surface area (Å²) in [6.45, 7) is 3.80. The molecule has 0 saturated carbocycles. The number of sulfonamides is 1. The van der Waals surface area contributed by atoms with Gasteiger partial charge in [0.15, 0.2) is 0 Å². The van der Waals surface area contributed by atoms with E-state index in [0.717, 1.165) is 11.1 Å². The lowest BCUT2D eigenvalue weighted by Crippen LogP contribution is -2.34. The van der Waals surface area contributed by atoms with Crippen LogP contribution in [0.2, 0.25) is 0 Å². The zero-order valence-corrected chi connectivity index (χ0v) is 11.6. The Morgan fingerprint density at radius 1 is 1.33 bits per heavy atom. The Morgan fingerprint density at radius 2 is 2.00 bits per heavy atom. The number of aliphatic hydroxyl groups excluding tert-OH is 1. The molecule has 0 heterocycles. The highest BCUT2D eigenvalue weighted by atomic mass is 32.2. The molecule has 1 aromatic carbocycles. The third-order valence-corrected chi connectivity index (χ3v) is 4.08. The lowest BCUT2D eigenvalue weighted by molar-refractivity contribution is 0.0679. The monoisotopic (exact) mass is 273 g/mol. The third-order valence-electron chi connectivity index (χ3n) is 2.66. The van der Waals surface area contributed by atoms with Gasteiger partial charge in [0.25, 0.3) is 0 Å². The predicted octanol–water partition coefficient (Wildman–Crippen LogP) is 0.589. The van der Waals surface area contributed by atoms with Gasteiger partial charge in [-0.1, -0.05) is 6.07 Å². The molecule has 6 heteroatoms. The zero-order valence-electron chi connectivity index (χ0n) is 10.8.